The Kier molecular flexibility index (Phi) is 4.18. The molecule has 1 fully saturated rings. The normalized spacial score (nSPS) is 17.3. The van der Waals surface area contributed by atoms with Crippen molar-refractivity contribution in [2.75, 3.05) is 20.2 Å². The highest BCUT2D eigenvalue weighted by atomic mass is 16.5. The summed E-state index contributed by atoms with van der Waals surface area (Å²) in [6.07, 6.45) is 0.671. The smallest absolute Gasteiger partial charge is 0.257 e. The lowest BCUT2D eigenvalue weighted by atomic mass is 10.2. The molecular weight excluding hydrogens is 298 g/mol. The van der Waals surface area contributed by atoms with E-state index < -0.39 is 0 Å². The van der Waals surface area contributed by atoms with Gasteiger partial charge in [-0.2, -0.15) is 0 Å². The zero-order valence-electron chi connectivity index (χ0n) is 13.4. The van der Waals surface area contributed by atoms with Crippen molar-refractivity contribution in [3.8, 4) is 11.8 Å². The van der Waals surface area contributed by atoms with E-state index in [1.54, 1.807) is 30.0 Å². The molecule has 0 aliphatic carbocycles. The number of aryl methyl sites for hydroxylation is 2. The second kappa shape index (κ2) is 6.28. The van der Waals surface area contributed by atoms with Gasteiger partial charge < -0.3 is 18.8 Å². The highest BCUT2D eigenvalue weighted by Gasteiger charge is 2.30. The number of hydrogen-bond acceptors (Lipinski definition) is 6. The number of carbonyl (C=O) groups is 1. The summed E-state index contributed by atoms with van der Waals surface area (Å²) in [4.78, 5) is 14.3. The third-order valence-electron chi connectivity index (χ3n) is 3.82. The molecule has 23 heavy (non-hydrogen) atoms. The first-order valence-electron chi connectivity index (χ1n) is 7.47. The molecule has 2 aromatic heterocycles. The third-order valence-corrected chi connectivity index (χ3v) is 3.82. The van der Waals surface area contributed by atoms with Crippen LogP contribution in [0.2, 0.25) is 0 Å². The molecule has 0 spiro atoms. The lowest BCUT2D eigenvalue weighted by Crippen LogP contribution is -2.31. The summed E-state index contributed by atoms with van der Waals surface area (Å²) in [5, 5.41) is 7.81. The number of furan rings is 1. The Bertz CT molecular complexity index is 696. The molecule has 7 nitrogen and oxygen atoms in total. The van der Waals surface area contributed by atoms with Crippen LogP contribution in [0.25, 0.3) is 0 Å². The Morgan fingerprint density at radius 2 is 2.04 bits per heavy atom. The van der Waals surface area contributed by atoms with Crippen molar-refractivity contribution in [3.05, 3.63) is 35.3 Å². The van der Waals surface area contributed by atoms with Crippen LogP contribution in [0.5, 0.6) is 11.8 Å². The molecule has 1 amide bonds. The first-order valence-corrected chi connectivity index (χ1v) is 7.47. The molecule has 1 unspecified atom stereocenters. The summed E-state index contributed by atoms with van der Waals surface area (Å²) in [6, 6.07) is 5.18. The standard InChI is InChI=1S/C16H19N3O4/c1-10-8-13(11(2)22-10)16(20)19-7-6-12(9-19)23-15-5-4-14(21-3)17-18-15/h4-5,8,12H,6-7,9H2,1-3H3. The number of aromatic nitrogens is 2. The van der Waals surface area contributed by atoms with Gasteiger partial charge in [-0.25, -0.2) is 0 Å². The van der Waals surface area contributed by atoms with E-state index in [1.807, 2.05) is 6.92 Å². The van der Waals surface area contributed by atoms with Crippen LogP contribution in [0.15, 0.2) is 22.6 Å². The molecule has 3 rings (SSSR count). The lowest BCUT2D eigenvalue weighted by molar-refractivity contribution is 0.0769. The molecule has 2 aromatic rings. The highest BCUT2D eigenvalue weighted by Crippen LogP contribution is 2.21. The minimum absolute atomic E-state index is 0.0220. The van der Waals surface area contributed by atoms with Gasteiger partial charge >= 0.3 is 0 Å². The molecule has 0 aromatic carbocycles. The van der Waals surface area contributed by atoms with E-state index in [4.69, 9.17) is 13.9 Å². The van der Waals surface area contributed by atoms with Crippen molar-refractivity contribution < 1.29 is 18.7 Å². The molecule has 1 atom stereocenters. The quantitative estimate of drug-likeness (QED) is 0.858. The molecule has 1 aliphatic rings. The second-order valence-electron chi connectivity index (χ2n) is 5.52. The van der Waals surface area contributed by atoms with Gasteiger partial charge in [-0.05, 0) is 19.9 Å². The average Bonchev–Trinajstić information content (AvgIpc) is 3.14. The van der Waals surface area contributed by atoms with Gasteiger partial charge in [0, 0.05) is 25.1 Å². The van der Waals surface area contributed by atoms with Crippen molar-refractivity contribution >= 4 is 5.91 Å². The summed E-state index contributed by atoms with van der Waals surface area (Å²) in [5.74, 6) is 2.24. The van der Waals surface area contributed by atoms with Crippen LogP contribution < -0.4 is 9.47 Å². The number of nitrogens with zero attached hydrogens (tertiary/aromatic N) is 3. The number of hydrogen-bond donors (Lipinski definition) is 0. The van der Waals surface area contributed by atoms with Crippen LogP contribution in [-0.4, -0.2) is 47.3 Å². The number of rotatable bonds is 4. The Balaban J connectivity index is 1.61. The van der Waals surface area contributed by atoms with Gasteiger partial charge in [0.2, 0.25) is 11.8 Å². The van der Waals surface area contributed by atoms with Crippen LogP contribution >= 0.6 is 0 Å². The topological polar surface area (TPSA) is 77.7 Å². The molecule has 1 saturated heterocycles. The van der Waals surface area contributed by atoms with E-state index in [1.165, 1.54) is 7.11 Å². The molecule has 0 bridgehead atoms. The summed E-state index contributed by atoms with van der Waals surface area (Å²) in [6.45, 7) is 4.81. The zero-order valence-corrected chi connectivity index (χ0v) is 13.4. The van der Waals surface area contributed by atoms with Gasteiger partial charge in [0.05, 0.1) is 19.2 Å². The molecule has 0 radical (unpaired) electrons. The number of amides is 1. The predicted octanol–water partition coefficient (Wildman–Crippen LogP) is 1.99. The summed E-state index contributed by atoms with van der Waals surface area (Å²) >= 11 is 0. The number of likely N-dealkylation sites (tertiary alicyclic amines) is 1. The third kappa shape index (κ3) is 3.28. The maximum atomic E-state index is 12.5. The summed E-state index contributed by atoms with van der Waals surface area (Å²) < 4.78 is 16.2. The van der Waals surface area contributed by atoms with Crippen molar-refractivity contribution in [2.24, 2.45) is 0 Å². The Morgan fingerprint density at radius 3 is 2.65 bits per heavy atom. The number of carbonyl (C=O) groups excluding carboxylic acids is 1. The van der Waals surface area contributed by atoms with Crippen molar-refractivity contribution in [1.82, 2.24) is 15.1 Å². The van der Waals surface area contributed by atoms with Gasteiger partial charge in [-0.3, -0.25) is 4.79 Å². The molecule has 0 saturated carbocycles. The lowest BCUT2D eigenvalue weighted by Gasteiger charge is -2.16. The minimum atomic E-state index is -0.0880. The number of ether oxygens (including phenoxy) is 2. The van der Waals surface area contributed by atoms with E-state index in [0.29, 0.717) is 36.2 Å². The molecule has 3 heterocycles. The van der Waals surface area contributed by atoms with E-state index >= 15 is 0 Å². The van der Waals surface area contributed by atoms with Gasteiger partial charge in [-0.1, -0.05) is 0 Å². The first kappa shape index (κ1) is 15.3. The van der Waals surface area contributed by atoms with Gasteiger partial charge in [0.1, 0.15) is 17.6 Å². The van der Waals surface area contributed by atoms with E-state index in [-0.39, 0.29) is 12.0 Å². The molecule has 7 heteroatoms. The molecular formula is C16H19N3O4. The van der Waals surface area contributed by atoms with Crippen LogP contribution in [0.1, 0.15) is 28.3 Å². The summed E-state index contributed by atoms with van der Waals surface area (Å²) in [5.41, 5.74) is 0.618. The zero-order chi connectivity index (χ0) is 16.4. The average molecular weight is 317 g/mol. The predicted molar refractivity (Wildman–Crippen MR) is 81.7 cm³/mol. The summed E-state index contributed by atoms with van der Waals surface area (Å²) in [7, 11) is 1.53. The minimum Gasteiger partial charge on any atom is -0.480 e. The molecule has 0 N–H and O–H groups in total. The maximum Gasteiger partial charge on any atom is 0.257 e. The fraction of sp³-hybridized carbons (Fsp3) is 0.438. The second-order valence-corrected chi connectivity index (χ2v) is 5.52. The Hall–Kier alpha value is -2.57. The Labute approximate surface area is 134 Å². The van der Waals surface area contributed by atoms with Gasteiger partial charge in [0.15, 0.2) is 0 Å². The van der Waals surface area contributed by atoms with E-state index in [9.17, 15) is 4.79 Å². The van der Waals surface area contributed by atoms with Crippen LogP contribution in [-0.2, 0) is 0 Å². The largest absolute Gasteiger partial charge is 0.480 e. The van der Waals surface area contributed by atoms with Crippen molar-refractivity contribution in [2.45, 2.75) is 26.4 Å². The Morgan fingerprint density at radius 1 is 1.30 bits per heavy atom. The van der Waals surface area contributed by atoms with Crippen LogP contribution in [0.4, 0.5) is 0 Å². The van der Waals surface area contributed by atoms with Crippen LogP contribution in [0, 0.1) is 13.8 Å². The molecule has 1 aliphatic heterocycles. The SMILES string of the molecule is COc1ccc(OC2CCN(C(=O)c3cc(C)oc3C)C2)nn1. The highest BCUT2D eigenvalue weighted by molar-refractivity contribution is 5.95. The van der Waals surface area contributed by atoms with Gasteiger partial charge in [-0.15, -0.1) is 10.2 Å². The first-order chi connectivity index (χ1) is 11.1. The van der Waals surface area contributed by atoms with E-state index in [2.05, 4.69) is 10.2 Å². The van der Waals surface area contributed by atoms with Crippen molar-refractivity contribution in [1.29, 1.82) is 0 Å². The van der Waals surface area contributed by atoms with Crippen LogP contribution in [0.3, 0.4) is 0 Å². The fourth-order valence-electron chi connectivity index (χ4n) is 2.67. The monoisotopic (exact) mass is 317 g/mol. The van der Waals surface area contributed by atoms with Crippen molar-refractivity contribution in [3.63, 3.8) is 0 Å². The number of methoxy groups -OCH3 is 1. The van der Waals surface area contributed by atoms with Gasteiger partial charge in [0.25, 0.3) is 5.91 Å². The fourth-order valence-corrected chi connectivity index (χ4v) is 2.67. The van der Waals surface area contributed by atoms with E-state index in [0.717, 1.165) is 12.2 Å². The maximum absolute atomic E-state index is 12.5. The molecule has 122 valence electrons.